The Morgan fingerprint density at radius 1 is 1.29 bits per heavy atom. The van der Waals surface area contributed by atoms with Crippen molar-refractivity contribution in [2.75, 3.05) is 31.1 Å². The summed E-state index contributed by atoms with van der Waals surface area (Å²) >= 11 is 1.67. The summed E-state index contributed by atoms with van der Waals surface area (Å²) in [5.74, 6) is 1.67. The molecule has 6 heteroatoms. The topological polar surface area (TPSA) is 56.8 Å². The van der Waals surface area contributed by atoms with Crippen LogP contribution in [-0.2, 0) is 0 Å². The Morgan fingerprint density at radius 2 is 2.29 bits per heavy atom. The number of hydrogen-bond donors (Lipinski definition) is 2. The average molecular weight is 249 g/mol. The standard InChI is InChI=1S/C11H15N5S/c1-3-12-4-6-16(5-1)11-13-10(14-15-11)9-2-7-17-8-9/h2,7-8,12H,1,3-6H2,(H,13,14,15). The summed E-state index contributed by atoms with van der Waals surface area (Å²) in [5, 5.41) is 14.8. The highest BCUT2D eigenvalue weighted by Crippen LogP contribution is 2.20. The molecule has 0 unspecified atom stereocenters. The van der Waals surface area contributed by atoms with Gasteiger partial charge in [-0.25, -0.2) is 0 Å². The molecule has 1 saturated heterocycles. The zero-order valence-corrected chi connectivity index (χ0v) is 10.3. The monoisotopic (exact) mass is 249 g/mol. The fourth-order valence-electron chi connectivity index (χ4n) is 1.97. The second-order valence-electron chi connectivity index (χ2n) is 4.09. The van der Waals surface area contributed by atoms with Gasteiger partial charge in [-0.05, 0) is 24.4 Å². The number of rotatable bonds is 2. The summed E-state index contributed by atoms with van der Waals surface area (Å²) < 4.78 is 0. The molecule has 0 amide bonds. The fraction of sp³-hybridized carbons (Fsp3) is 0.455. The number of nitrogens with zero attached hydrogens (tertiary/aromatic N) is 3. The number of aromatic nitrogens is 3. The Kier molecular flexibility index (Phi) is 3.06. The Bertz CT molecular complexity index is 456. The normalized spacial score (nSPS) is 17.1. The van der Waals surface area contributed by atoms with Crippen molar-refractivity contribution in [1.82, 2.24) is 20.5 Å². The van der Waals surface area contributed by atoms with Gasteiger partial charge in [0.05, 0.1) is 0 Å². The molecule has 5 nitrogen and oxygen atoms in total. The predicted molar refractivity (Wildman–Crippen MR) is 69.4 cm³/mol. The molecule has 0 aliphatic carbocycles. The van der Waals surface area contributed by atoms with Gasteiger partial charge in [-0.1, -0.05) is 0 Å². The minimum atomic E-state index is 0.815. The lowest BCUT2D eigenvalue weighted by Crippen LogP contribution is -2.28. The Labute approximate surface area is 104 Å². The molecule has 1 aliphatic rings. The number of nitrogens with one attached hydrogen (secondary N) is 2. The number of thiophene rings is 1. The van der Waals surface area contributed by atoms with E-state index in [1.165, 1.54) is 0 Å². The minimum Gasteiger partial charge on any atom is -0.338 e. The maximum atomic E-state index is 4.56. The van der Waals surface area contributed by atoms with E-state index in [-0.39, 0.29) is 0 Å². The average Bonchev–Trinajstić information content (AvgIpc) is 2.95. The van der Waals surface area contributed by atoms with Crippen molar-refractivity contribution in [3.05, 3.63) is 16.8 Å². The van der Waals surface area contributed by atoms with Crippen LogP contribution in [0.2, 0.25) is 0 Å². The quantitative estimate of drug-likeness (QED) is 0.843. The molecule has 2 aromatic rings. The van der Waals surface area contributed by atoms with Crippen LogP contribution in [0.25, 0.3) is 11.4 Å². The highest BCUT2D eigenvalue weighted by atomic mass is 32.1. The van der Waals surface area contributed by atoms with Crippen molar-refractivity contribution < 1.29 is 0 Å². The third-order valence-corrected chi connectivity index (χ3v) is 3.57. The van der Waals surface area contributed by atoms with E-state index in [1.807, 2.05) is 5.38 Å². The lowest BCUT2D eigenvalue weighted by atomic mass is 10.3. The molecule has 2 N–H and O–H groups in total. The summed E-state index contributed by atoms with van der Waals surface area (Å²) in [6.07, 6.45) is 1.14. The summed E-state index contributed by atoms with van der Waals surface area (Å²) in [7, 11) is 0. The maximum Gasteiger partial charge on any atom is 0.245 e. The zero-order valence-electron chi connectivity index (χ0n) is 9.52. The molecule has 0 atom stereocenters. The van der Waals surface area contributed by atoms with Crippen LogP contribution in [0.5, 0.6) is 0 Å². The first-order valence-corrected chi connectivity index (χ1v) is 6.78. The van der Waals surface area contributed by atoms with Gasteiger partial charge in [0.1, 0.15) is 0 Å². The van der Waals surface area contributed by atoms with E-state index in [0.717, 1.165) is 49.9 Å². The first-order chi connectivity index (χ1) is 8.43. The number of aromatic amines is 1. The molecule has 17 heavy (non-hydrogen) atoms. The maximum absolute atomic E-state index is 4.56. The number of hydrogen-bond acceptors (Lipinski definition) is 5. The van der Waals surface area contributed by atoms with E-state index >= 15 is 0 Å². The third kappa shape index (κ3) is 2.32. The number of H-pyrrole nitrogens is 1. The lowest BCUT2D eigenvalue weighted by molar-refractivity contribution is 0.724. The van der Waals surface area contributed by atoms with Crippen LogP contribution in [0, 0.1) is 0 Å². The van der Waals surface area contributed by atoms with Gasteiger partial charge in [-0.15, -0.1) is 5.10 Å². The van der Waals surface area contributed by atoms with Crippen molar-refractivity contribution in [2.45, 2.75) is 6.42 Å². The first-order valence-electron chi connectivity index (χ1n) is 5.84. The SMILES string of the molecule is c1cc(-c2nc(N3CCCNCC3)n[nH]2)cs1. The fourth-order valence-corrected chi connectivity index (χ4v) is 2.61. The van der Waals surface area contributed by atoms with Crippen LogP contribution in [0.3, 0.4) is 0 Å². The van der Waals surface area contributed by atoms with Gasteiger partial charge in [0.2, 0.25) is 5.95 Å². The van der Waals surface area contributed by atoms with Gasteiger partial charge in [0.25, 0.3) is 0 Å². The van der Waals surface area contributed by atoms with Crippen LogP contribution < -0.4 is 10.2 Å². The van der Waals surface area contributed by atoms with Crippen LogP contribution >= 0.6 is 11.3 Å². The van der Waals surface area contributed by atoms with Crippen molar-refractivity contribution >= 4 is 17.3 Å². The van der Waals surface area contributed by atoms with Gasteiger partial charge in [0.15, 0.2) is 5.82 Å². The lowest BCUT2D eigenvalue weighted by Gasteiger charge is -2.16. The molecule has 0 aromatic carbocycles. The van der Waals surface area contributed by atoms with Crippen LogP contribution in [0.1, 0.15) is 6.42 Å². The van der Waals surface area contributed by atoms with Gasteiger partial charge >= 0.3 is 0 Å². The van der Waals surface area contributed by atoms with E-state index in [1.54, 1.807) is 11.3 Å². The van der Waals surface area contributed by atoms with Crippen LogP contribution in [0.15, 0.2) is 16.8 Å². The van der Waals surface area contributed by atoms with Gasteiger partial charge in [0, 0.05) is 30.6 Å². The number of anilines is 1. The molecule has 0 saturated carbocycles. The van der Waals surface area contributed by atoms with E-state index in [2.05, 4.69) is 36.8 Å². The Morgan fingerprint density at radius 3 is 3.18 bits per heavy atom. The molecule has 90 valence electrons. The molecule has 3 rings (SSSR count). The molecular weight excluding hydrogens is 234 g/mol. The van der Waals surface area contributed by atoms with E-state index in [9.17, 15) is 0 Å². The van der Waals surface area contributed by atoms with Crippen molar-refractivity contribution in [1.29, 1.82) is 0 Å². The summed E-state index contributed by atoms with van der Waals surface area (Å²) in [4.78, 5) is 6.78. The zero-order chi connectivity index (χ0) is 11.5. The van der Waals surface area contributed by atoms with E-state index in [4.69, 9.17) is 0 Å². The van der Waals surface area contributed by atoms with Gasteiger partial charge in [-0.2, -0.15) is 16.3 Å². The smallest absolute Gasteiger partial charge is 0.245 e. The highest BCUT2D eigenvalue weighted by Gasteiger charge is 2.14. The van der Waals surface area contributed by atoms with Crippen molar-refractivity contribution in [2.24, 2.45) is 0 Å². The van der Waals surface area contributed by atoms with Gasteiger partial charge < -0.3 is 10.2 Å². The molecular formula is C11H15N5S. The van der Waals surface area contributed by atoms with E-state index in [0.29, 0.717) is 0 Å². The summed E-state index contributed by atoms with van der Waals surface area (Å²) in [6, 6.07) is 2.05. The predicted octanol–water partition coefficient (Wildman–Crippen LogP) is 1.33. The van der Waals surface area contributed by atoms with E-state index < -0.39 is 0 Å². The Hall–Kier alpha value is -1.40. The molecule has 0 radical (unpaired) electrons. The third-order valence-electron chi connectivity index (χ3n) is 2.89. The van der Waals surface area contributed by atoms with Gasteiger partial charge in [-0.3, -0.25) is 5.10 Å². The van der Waals surface area contributed by atoms with Crippen molar-refractivity contribution in [3.63, 3.8) is 0 Å². The molecule has 0 bridgehead atoms. The Balaban J connectivity index is 1.79. The second-order valence-corrected chi connectivity index (χ2v) is 4.87. The van der Waals surface area contributed by atoms with Crippen LogP contribution in [0.4, 0.5) is 5.95 Å². The summed E-state index contributed by atoms with van der Waals surface area (Å²) in [6.45, 7) is 4.08. The molecule has 0 spiro atoms. The molecule has 3 heterocycles. The minimum absolute atomic E-state index is 0.815. The van der Waals surface area contributed by atoms with Crippen molar-refractivity contribution in [3.8, 4) is 11.4 Å². The largest absolute Gasteiger partial charge is 0.338 e. The first kappa shape index (κ1) is 10.7. The second kappa shape index (κ2) is 4.85. The molecule has 2 aromatic heterocycles. The summed E-state index contributed by atoms with van der Waals surface area (Å²) in [5.41, 5.74) is 1.11. The highest BCUT2D eigenvalue weighted by molar-refractivity contribution is 7.08. The van der Waals surface area contributed by atoms with Crippen LogP contribution in [-0.4, -0.2) is 41.4 Å². The molecule has 1 aliphatic heterocycles. The molecule has 1 fully saturated rings.